The van der Waals surface area contributed by atoms with Crippen molar-refractivity contribution in [1.82, 2.24) is 34.7 Å². The molecule has 0 fully saturated rings. The standard InChI is InChI=1S/C24H21N9O/c1-13-10-26-24(27-11-13)29-16-4-6-20-18(8-16)28-12-33(20)21-7-5-17(15(3)34)23(30-21)22-14(2)31-32-19(22)9-25/h4-8,10-12,15,34H,1-3H3,(H,31,32)(H,26,27,29)/t15-/m0/s1. The average Bonchev–Trinajstić information content (AvgIpc) is 3.42. The van der Waals surface area contributed by atoms with Crippen LogP contribution < -0.4 is 5.32 Å². The molecule has 10 heteroatoms. The highest BCUT2D eigenvalue weighted by atomic mass is 16.3. The molecule has 1 atom stereocenters. The number of aromatic amines is 1. The minimum Gasteiger partial charge on any atom is -0.389 e. The van der Waals surface area contributed by atoms with Crippen molar-refractivity contribution in [3.63, 3.8) is 0 Å². The number of nitrogens with zero attached hydrogens (tertiary/aromatic N) is 7. The van der Waals surface area contributed by atoms with Crippen molar-refractivity contribution in [2.24, 2.45) is 0 Å². The number of aryl methyl sites for hydroxylation is 2. The van der Waals surface area contributed by atoms with Crippen LogP contribution in [0, 0.1) is 25.2 Å². The van der Waals surface area contributed by atoms with Crippen LogP contribution in [0.15, 0.2) is 49.1 Å². The second kappa shape index (κ2) is 8.38. The number of imidazole rings is 1. The van der Waals surface area contributed by atoms with Crippen LogP contribution >= 0.6 is 0 Å². The second-order valence-electron chi connectivity index (χ2n) is 7.99. The third-order valence-corrected chi connectivity index (χ3v) is 5.48. The van der Waals surface area contributed by atoms with E-state index in [0.717, 1.165) is 22.3 Å². The molecule has 4 heterocycles. The maximum atomic E-state index is 10.3. The smallest absolute Gasteiger partial charge is 0.227 e. The molecule has 1 aromatic carbocycles. The summed E-state index contributed by atoms with van der Waals surface area (Å²) in [7, 11) is 0. The van der Waals surface area contributed by atoms with E-state index in [9.17, 15) is 10.4 Å². The lowest BCUT2D eigenvalue weighted by Crippen LogP contribution is -2.04. The molecule has 0 saturated heterocycles. The molecule has 0 aliphatic rings. The quantitative estimate of drug-likeness (QED) is 0.365. The number of nitrogens with one attached hydrogen (secondary N) is 2. The highest BCUT2D eigenvalue weighted by Gasteiger charge is 2.21. The fraction of sp³-hybridized carbons (Fsp3) is 0.167. The number of benzene rings is 1. The highest BCUT2D eigenvalue weighted by Crippen LogP contribution is 2.32. The van der Waals surface area contributed by atoms with Crippen LogP contribution in [0.2, 0.25) is 0 Å². The first-order valence-corrected chi connectivity index (χ1v) is 10.6. The van der Waals surface area contributed by atoms with Crippen LogP contribution in [0.5, 0.6) is 0 Å². The van der Waals surface area contributed by atoms with Crippen molar-refractivity contribution in [2.75, 3.05) is 5.32 Å². The number of rotatable bonds is 5. The minimum atomic E-state index is -0.769. The Labute approximate surface area is 195 Å². The van der Waals surface area contributed by atoms with E-state index in [-0.39, 0.29) is 5.69 Å². The summed E-state index contributed by atoms with van der Waals surface area (Å²) < 4.78 is 1.86. The molecular formula is C24H21N9O. The van der Waals surface area contributed by atoms with Crippen LogP contribution in [0.4, 0.5) is 11.6 Å². The van der Waals surface area contributed by atoms with E-state index < -0.39 is 6.10 Å². The first-order valence-electron chi connectivity index (χ1n) is 10.6. The van der Waals surface area contributed by atoms with E-state index in [0.29, 0.717) is 34.3 Å². The minimum absolute atomic E-state index is 0.230. The Morgan fingerprint density at radius 2 is 1.91 bits per heavy atom. The first-order chi connectivity index (χ1) is 16.4. The number of aromatic nitrogens is 7. The highest BCUT2D eigenvalue weighted by molar-refractivity contribution is 5.82. The molecule has 5 rings (SSSR count). The number of aliphatic hydroxyl groups is 1. The van der Waals surface area contributed by atoms with Gasteiger partial charge >= 0.3 is 0 Å². The maximum Gasteiger partial charge on any atom is 0.227 e. The van der Waals surface area contributed by atoms with Crippen LogP contribution in [0.1, 0.15) is 35.5 Å². The maximum absolute atomic E-state index is 10.3. The fourth-order valence-electron chi connectivity index (χ4n) is 3.79. The molecule has 10 nitrogen and oxygen atoms in total. The Bertz CT molecular complexity index is 1540. The third kappa shape index (κ3) is 3.74. The zero-order chi connectivity index (χ0) is 23.8. The monoisotopic (exact) mass is 451 g/mol. The van der Waals surface area contributed by atoms with Gasteiger partial charge in [-0.15, -0.1) is 0 Å². The Hall–Kier alpha value is -4.62. The Morgan fingerprint density at radius 1 is 1.12 bits per heavy atom. The van der Waals surface area contributed by atoms with E-state index in [1.807, 2.05) is 48.7 Å². The number of H-pyrrole nitrogens is 1. The van der Waals surface area contributed by atoms with Gasteiger partial charge in [-0.05, 0) is 50.6 Å². The molecule has 0 amide bonds. The Kier molecular flexibility index (Phi) is 5.24. The number of aliphatic hydroxyl groups excluding tert-OH is 1. The number of hydrogen-bond donors (Lipinski definition) is 3. The topological polar surface area (TPSA) is 141 Å². The number of fused-ring (bicyclic) bond motifs is 1. The molecule has 0 bridgehead atoms. The summed E-state index contributed by atoms with van der Waals surface area (Å²) in [6, 6.07) is 11.5. The van der Waals surface area contributed by atoms with Gasteiger partial charge in [-0.2, -0.15) is 10.4 Å². The van der Waals surface area contributed by atoms with Crippen molar-refractivity contribution in [2.45, 2.75) is 26.9 Å². The largest absolute Gasteiger partial charge is 0.389 e. The van der Waals surface area contributed by atoms with Gasteiger partial charge in [0.1, 0.15) is 18.2 Å². The Morgan fingerprint density at radius 3 is 2.65 bits per heavy atom. The van der Waals surface area contributed by atoms with Gasteiger partial charge < -0.3 is 10.4 Å². The molecule has 4 aromatic heterocycles. The van der Waals surface area contributed by atoms with Crippen LogP contribution in [0.25, 0.3) is 28.1 Å². The van der Waals surface area contributed by atoms with Crippen LogP contribution in [0.3, 0.4) is 0 Å². The van der Waals surface area contributed by atoms with Crippen LogP contribution in [-0.2, 0) is 0 Å². The van der Waals surface area contributed by atoms with E-state index in [2.05, 4.69) is 36.5 Å². The molecule has 0 spiro atoms. The normalized spacial score (nSPS) is 12.0. The molecule has 168 valence electrons. The molecule has 0 saturated carbocycles. The van der Waals surface area contributed by atoms with Gasteiger partial charge in [-0.25, -0.2) is 19.9 Å². The lowest BCUT2D eigenvalue weighted by Gasteiger charge is -2.14. The summed E-state index contributed by atoms with van der Waals surface area (Å²) in [6.07, 6.45) is 4.43. The summed E-state index contributed by atoms with van der Waals surface area (Å²) >= 11 is 0. The SMILES string of the molecule is Cc1cnc(Nc2ccc3c(c2)ncn3-c2ccc([C@H](C)O)c(-c3c(C#N)n[nH]c3C)n2)nc1. The van der Waals surface area contributed by atoms with E-state index in [4.69, 9.17) is 4.98 Å². The van der Waals surface area contributed by atoms with Crippen molar-refractivity contribution < 1.29 is 5.11 Å². The van der Waals surface area contributed by atoms with Crippen molar-refractivity contribution in [1.29, 1.82) is 5.26 Å². The van der Waals surface area contributed by atoms with Crippen LogP contribution in [-0.4, -0.2) is 39.8 Å². The number of pyridine rings is 1. The summed E-state index contributed by atoms with van der Waals surface area (Å²) in [4.78, 5) is 17.9. The second-order valence-corrected chi connectivity index (χ2v) is 7.99. The van der Waals surface area contributed by atoms with Gasteiger partial charge in [-0.1, -0.05) is 6.07 Å². The molecular weight excluding hydrogens is 430 g/mol. The van der Waals surface area contributed by atoms with Crippen molar-refractivity contribution in [3.05, 3.63) is 71.6 Å². The molecule has 0 aliphatic carbocycles. The molecule has 34 heavy (non-hydrogen) atoms. The Balaban J connectivity index is 1.56. The predicted molar refractivity (Wildman–Crippen MR) is 127 cm³/mol. The zero-order valence-corrected chi connectivity index (χ0v) is 18.8. The fourth-order valence-corrected chi connectivity index (χ4v) is 3.79. The zero-order valence-electron chi connectivity index (χ0n) is 18.8. The molecule has 0 aliphatic heterocycles. The van der Waals surface area contributed by atoms with Gasteiger partial charge in [0.05, 0.1) is 28.4 Å². The summed E-state index contributed by atoms with van der Waals surface area (Å²) in [5.74, 6) is 1.11. The predicted octanol–water partition coefficient (Wildman–Crippen LogP) is 3.89. The molecule has 0 unspecified atom stereocenters. The summed E-state index contributed by atoms with van der Waals surface area (Å²) in [5, 5.41) is 29.9. The summed E-state index contributed by atoms with van der Waals surface area (Å²) in [5.41, 5.74) is 6.04. The van der Waals surface area contributed by atoms with Gasteiger partial charge in [-0.3, -0.25) is 9.67 Å². The number of hydrogen-bond acceptors (Lipinski definition) is 8. The molecule has 3 N–H and O–H groups in total. The van der Waals surface area contributed by atoms with E-state index >= 15 is 0 Å². The van der Waals surface area contributed by atoms with Gasteiger partial charge in [0.2, 0.25) is 5.95 Å². The van der Waals surface area contributed by atoms with Gasteiger partial charge in [0.25, 0.3) is 0 Å². The molecule has 0 radical (unpaired) electrons. The van der Waals surface area contributed by atoms with Gasteiger partial charge in [0.15, 0.2) is 5.69 Å². The average molecular weight is 451 g/mol. The number of nitriles is 1. The van der Waals surface area contributed by atoms with Crippen molar-refractivity contribution >= 4 is 22.7 Å². The summed E-state index contributed by atoms with van der Waals surface area (Å²) in [6.45, 7) is 5.42. The lowest BCUT2D eigenvalue weighted by molar-refractivity contribution is 0.199. The third-order valence-electron chi connectivity index (χ3n) is 5.48. The van der Waals surface area contributed by atoms with E-state index in [1.165, 1.54) is 0 Å². The number of anilines is 2. The van der Waals surface area contributed by atoms with Crippen molar-refractivity contribution in [3.8, 4) is 23.1 Å². The first kappa shape index (κ1) is 21.2. The van der Waals surface area contributed by atoms with Gasteiger partial charge in [0, 0.05) is 29.3 Å². The van der Waals surface area contributed by atoms with E-state index in [1.54, 1.807) is 25.6 Å². The molecule has 5 aromatic rings. The lowest BCUT2D eigenvalue weighted by atomic mass is 10.0.